The molecule has 1 unspecified atom stereocenters. The number of aryl methyl sites for hydroxylation is 2. The van der Waals surface area contributed by atoms with Crippen molar-refractivity contribution in [2.75, 3.05) is 0 Å². The standard InChI is InChI=1S/C11H14N6O2/c1-5(9-14-7(3)16-17-9)13-10(18)8-4-12-6(2)15-11(8)19/h4-5H,1-3H3,(H,13,18)(H,12,15,19)(H,14,16,17). The van der Waals surface area contributed by atoms with Crippen LogP contribution in [-0.4, -0.2) is 31.1 Å². The highest BCUT2D eigenvalue weighted by Gasteiger charge is 2.17. The van der Waals surface area contributed by atoms with Crippen molar-refractivity contribution in [2.45, 2.75) is 26.8 Å². The highest BCUT2D eigenvalue weighted by Crippen LogP contribution is 2.06. The molecular formula is C11H14N6O2. The Morgan fingerprint density at radius 1 is 1.37 bits per heavy atom. The second kappa shape index (κ2) is 5.01. The molecule has 100 valence electrons. The van der Waals surface area contributed by atoms with E-state index in [1.807, 2.05) is 0 Å². The maximum Gasteiger partial charge on any atom is 0.263 e. The predicted octanol–water partition coefficient (Wildman–Crippen LogP) is -0.00416. The van der Waals surface area contributed by atoms with E-state index in [9.17, 15) is 9.59 Å². The number of H-pyrrole nitrogens is 2. The van der Waals surface area contributed by atoms with E-state index < -0.39 is 17.5 Å². The zero-order valence-corrected chi connectivity index (χ0v) is 10.8. The van der Waals surface area contributed by atoms with Crippen LogP contribution in [0.4, 0.5) is 0 Å². The van der Waals surface area contributed by atoms with Crippen molar-refractivity contribution in [1.82, 2.24) is 30.5 Å². The molecule has 0 fully saturated rings. The van der Waals surface area contributed by atoms with E-state index in [2.05, 4.69) is 30.5 Å². The average molecular weight is 262 g/mol. The molecule has 2 aromatic rings. The lowest BCUT2D eigenvalue weighted by molar-refractivity contribution is 0.0936. The van der Waals surface area contributed by atoms with Crippen molar-refractivity contribution < 1.29 is 4.79 Å². The van der Waals surface area contributed by atoms with E-state index in [1.54, 1.807) is 20.8 Å². The molecule has 8 heteroatoms. The fourth-order valence-corrected chi connectivity index (χ4v) is 1.54. The van der Waals surface area contributed by atoms with Gasteiger partial charge in [0, 0.05) is 6.20 Å². The summed E-state index contributed by atoms with van der Waals surface area (Å²) in [4.78, 5) is 34.0. The zero-order chi connectivity index (χ0) is 14.0. The highest BCUT2D eigenvalue weighted by atomic mass is 16.2. The van der Waals surface area contributed by atoms with E-state index in [1.165, 1.54) is 6.20 Å². The lowest BCUT2D eigenvalue weighted by Crippen LogP contribution is -2.32. The Morgan fingerprint density at radius 2 is 2.11 bits per heavy atom. The fraction of sp³-hybridized carbons (Fsp3) is 0.364. The number of carbonyl (C=O) groups excluding carboxylic acids is 1. The molecule has 0 aromatic carbocycles. The van der Waals surface area contributed by atoms with Gasteiger partial charge in [-0.2, -0.15) is 5.10 Å². The van der Waals surface area contributed by atoms with E-state index in [4.69, 9.17) is 0 Å². The molecule has 2 rings (SSSR count). The van der Waals surface area contributed by atoms with Crippen molar-refractivity contribution in [3.8, 4) is 0 Å². The van der Waals surface area contributed by atoms with Gasteiger partial charge >= 0.3 is 0 Å². The van der Waals surface area contributed by atoms with Gasteiger partial charge in [-0.15, -0.1) is 0 Å². The lowest BCUT2D eigenvalue weighted by atomic mass is 10.2. The van der Waals surface area contributed by atoms with E-state index in [-0.39, 0.29) is 5.56 Å². The number of rotatable bonds is 3. The Bertz CT molecular complexity index is 659. The molecule has 3 N–H and O–H groups in total. The fourth-order valence-electron chi connectivity index (χ4n) is 1.54. The van der Waals surface area contributed by atoms with Gasteiger partial charge in [-0.1, -0.05) is 0 Å². The molecule has 1 amide bonds. The quantitative estimate of drug-likeness (QED) is 0.719. The molecule has 0 radical (unpaired) electrons. The van der Waals surface area contributed by atoms with Crippen LogP contribution in [0, 0.1) is 13.8 Å². The third-order valence-corrected chi connectivity index (χ3v) is 2.52. The average Bonchev–Trinajstić information content (AvgIpc) is 2.75. The Kier molecular flexibility index (Phi) is 3.41. The highest BCUT2D eigenvalue weighted by molar-refractivity contribution is 5.93. The van der Waals surface area contributed by atoms with E-state index >= 15 is 0 Å². The molecule has 2 aromatic heterocycles. The Hall–Kier alpha value is -2.51. The first-order chi connectivity index (χ1) is 8.97. The number of nitrogens with one attached hydrogen (secondary N) is 3. The smallest absolute Gasteiger partial charge is 0.263 e. The Labute approximate surface area is 108 Å². The molecule has 0 bridgehead atoms. The largest absolute Gasteiger partial charge is 0.342 e. The molecule has 19 heavy (non-hydrogen) atoms. The van der Waals surface area contributed by atoms with Crippen LogP contribution in [0.1, 0.15) is 40.8 Å². The van der Waals surface area contributed by atoms with Crippen molar-refractivity contribution in [2.24, 2.45) is 0 Å². The minimum atomic E-state index is -0.510. The number of hydrogen-bond acceptors (Lipinski definition) is 5. The van der Waals surface area contributed by atoms with Crippen LogP contribution in [0.5, 0.6) is 0 Å². The van der Waals surface area contributed by atoms with Crippen LogP contribution in [0.3, 0.4) is 0 Å². The second-order valence-electron chi connectivity index (χ2n) is 4.19. The summed E-state index contributed by atoms with van der Waals surface area (Å²) in [6, 6.07) is -0.404. The second-order valence-corrected chi connectivity index (χ2v) is 4.19. The number of aromatic amines is 2. The first-order valence-corrected chi connectivity index (χ1v) is 5.73. The molecule has 1 atom stereocenters. The minimum Gasteiger partial charge on any atom is -0.342 e. The van der Waals surface area contributed by atoms with Gasteiger partial charge < -0.3 is 10.3 Å². The molecular weight excluding hydrogens is 248 g/mol. The number of aromatic nitrogens is 5. The molecule has 0 saturated carbocycles. The van der Waals surface area contributed by atoms with Gasteiger partial charge in [0.05, 0.1) is 6.04 Å². The van der Waals surface area contributed by atoms with Gasteiger partial charge in [0.25, 0.3) is 11.5 Å². The molecule has 0 aliphatic heterocycles. The summed E-state index contributed by atoms with van der Waals surface area (Å²) in [5, 5.41) is 9.28. The number of nitrogens with zero attached hydrogens (tertiary/aromatic N) is 3. The summed E-state index contributed by atoms with van der Waals surface area (Å²) < 4.78 is 0. The molecule has 0 saturated heterocycles. The Balaban J connectivity index is 2.15. The minimum absolute atomic E-state index is 0.0373. The SMILES string of the molecule is Cc1nc(C(C)NC(=O)c2cnc(C)[nH]c2=O)n[nH]1. The van der Waals surface area contributed by atoms with Crippen molar-refractivity contribution in [3.05, 3.63) is 39.6 Å². The van der Waals surface area contributed by atoms with Crippen LogP contribution in [0.25, 0.3) is 0 Å². The maximum atomic E-state index is 11.9. The third-order valence-electron chi connectivity index (χ3n) is 2.52. The van der Waals surface area contributed by atoms with Gasteiger partial charge in [0.2, 0.25) is 0 Å². The van der Waals surface area contributed by atoms with Crippen molar-refractivity contribution in [3.63, 3.8) is 0 Å². The molecule has 2 heterocycles. The Morgan fingerprint density at radius 3 is 2.68 bits per heavy atom. The maximum absolute atomic E-state index is 11.9. The van der Waals surface area contributed by atoms with E-state index in [0.29, 0.717) is 17.5 Å². The topological polar surface area (TPSA) is 116 Å². The van der Waals surface area contributed by atoms with Gasteiger partial charge in [-0.3, -0.25) is 14.7 Å². The number of carbonyl (C=O) groups is 1. The summed E-state index contributed by atoms with van der Waals surface area (Å²) >= 11 is 0. The van der Waals surface area contributed by atoms with Crippen LogP contribution in [-0.2, 0) is 0 Å². The molecule has 0 aliphatic rings. The van der Waals surface area contributed by atoms with Gasteiger partial charge in [-0.05, 0) is 20.8 Å². The van der Waals surface area contributed by atoms with Crippen LogP contribution >= 0.6 is 0 Å². The molecule has 0 aliphatic carbocycles. The van der Waals surface area contributed by atoms with Gasteiger partial charge in [0.1, 0.15) is 17.2 Å². The van der Waals surface area contributed by atoms with E-state index in [0.717, 1.165) is 0 Å². The summed E-state index contributed by atoms with van der Waals surface area (Å²) in [7, 11) is 0. The number of hydrogen-bond donors (Lipinski definition) is 3. The van der Waals surface area contributed by atoms with Crippen molar-refractivity contribution in [1.29, 1.82) is 0 Å². The zero-order valence-electron chi connectivity index (χ0n) is 10.8. The van der Waals surface area contributed by atoms with Crippen molar-refractivity contribution >= 4 is 5.91 Å². The first kappa shape index (κ1) is 12.9. The summed E-state index contributed by atoms with van der Waals surface area (Å²) in [6.07, 6.45) is 1.25. The van der Waals surface area contributed by atoms with Gasteiger partial charge in [0.15, 0.2) is 5.82 Å². The van der Waals surface area contributed by atoms with Crippen LogP contribution in [0.2, 0.25) is 0 Å². The number of amides is 1. The molecule has 0 spiro atoms. The summed E-state index contributed by atoms with van der Waals surface area (Å²) in [5.41, 5.74) is -0.506. The monoisotopic (exact) mass is 262 g/mol. The lowest BCUT2D eigenvalue weighted by Gasteiger charge is -2.09. The first-order valence-electron chi connectivity index (χ1n) is 5.73. The summed E-state index contributed by atoms with van der Waals surface area (Å²) in [6.45, 7) is 5.14. The van der Waals surface area contributed by atoms with Crippen LogP contribution in [0.15, 0.2) is 11.0 Å². The third kappa shape index (κ3) is 2.84. The normalized spacial score (nSPS) is 12.2. The van der Waals surface area contributed by atoms with Gasteiger partial charge in [-0.25, -0.2) is 9.97 Å². The predicted molar refractivity (Wildman–Crippen MR) is 66.6 cm³/mol. The van der Waals surface area contributed by atoms with Crippen LogP contribution < -0.4 is 10.9 Å². The summed E-state index contributed by atoms with van der Waals surface area (Å²) in [5.74, 6) is 1.07. The molecule has 8 nitrogen and oxygen atoms in total.